The van der Waals surface area contributed by atoms with Crippen LogP contribution in [0.3, 0.4) is 0 Å². The van der Waals surface area contributed by atoms with Crippen LogP contribution in [0, 0.1) is 5.41 Å². The molecule has 2 N–H and O–H groups in total. The molecule has 0 radical (unpaired) electrons. The molecule has 3 heterocycles. The number of nitrogens with one attached hydrogen (secondary N) is 1. The van der Waals surface area contributed by atoms with Crippen LogP contribution in [0.2, 0.25) is 0 Å². The summed E-state index contributed by atoms with van der Waals surface area (Å²) < 4.78 is 2.05. The number of nitrogens with zero attached hydrogens (tertiary/aromatic N) is 5. The molecule has 0 unspecified atom stereocenters. The van der Waals surface area contributed by atoms with Gasteiger partial charge in [-0.1, -0.05) is 45.0 Å². The van der Waals surface area contributed by atoms with Gasteiger partial charge in [0.05, 0.1) is 0 Å². The summed E-state index contributed by atoms with van der Waals surface area (Å²) in [7, 11) is 2.09. The molecule has 3 aromatic rings. The number of hydrogen-bond donors (Lipinski definition) is 2. The first-order valence-corrected chi connectivity index (χ1v) is 15.1. The molecule has 1 saturated carbocycles. The Morgan fingerprint density at radius 2 is 1.71 bits per heavy atom. The Hall–Kier alpha value is -3.10. The van der Waals surface area contributed by atoms with Crippen LogP contribution < -0.4 is 5.32 Å². The van der Waals surface area contributed by atoms with E-state index >= 15 is 0 Å². The highest BCUT2D eigenvalue weighted by molar-refractivity contribution is 5.73. The predicted molar refractivity (Wildman–Crippen MR) is 162 cm³/mol. The standard InChI is InChI=1S/C33H46N6O2/c1-21(2)24-8-12-27(13-9-24)33(41,32(6)19-38(7)20-32)28-16-26(17-34-18-28)30-36-31(39(37-30)22(3)4)25-10-14-29(15-11-25)35-23(5)40/h8-9,12-13,16-18,21-22,25,29,41H,10-11,14-15,19-20H2,1-7H3,(H,35,40)/t25-,29-,33-/m0/s1. The summed E-state index contributed by atoms with van der Waals surface area (Å²) in [6.07, 6.45) is 7.41. The molecular formula is C33H46N6O2. The largest absolute Gasteiger partial charge is 0.380 e. The normalized spacial score (nSPS) is 22.4. The predicted octanol–water partition coefficient (Wildman–Crippen LogP) is 5.39. The molecule has 0 spiro atoms. The number of benzene rings is 1. The molecule has 41 heavy (non-hydrogen) atoms. The van der Waals surface area contributed by atoms with Gasteiger partial charge in [-0.25, -0.2) is 9.67 Å². The SMILES string of the molecule is CC(=O)N[C@H]1CC[C@H](c2nc(-c3cncc([C@@](O)(c4ccc(C(C)C)cc4)C4(C)CN(C)C4)c3)nn2C(C)C)CC1. The van der Waals surface area contributed by atoms with Crippen LogP contribution in [0.25, 0.3) is 11.4 Å². The fraction of sp³-hybridized carbons (Fsp3) is 0.576. The topological polar surface area (TPSA) is 96.2 Å². The zero-order valence-electron chi connectivity index (χ0n) is 25.7. The van der Waals surface area contributed by atoms with Gasteiger partial charge in [0.2, 0.25) is 5.91 Å². The van der Waals surface area contributed by atoms with Crippen LogP contribution >= 0.6 is 0 Å². The van der Waals surface area contributed by atoms with Gasteiger partial charge in [-0.15, -0.1) is 0 Å². The number of pyridine rings is 1. The summed E-state index contributed by atoms with van der Waals surface area (Å²) >= 11 is 0. The monoisotopic (exact) mass is 558 g/mol. The molecule has 1 aliphatic carbocycles. The van der Waals surface area contributed by atoms with Crippen LogP contribution in [0.15, 0.2) is 42.7 Å². The number of aliphatic hydroxyl groups is 1. The second kappa shape index (κ2) is 11.3. The summed E-state index contributed by atoms with van der Waals surface area (Å²) in [5.41, 5.74) is 2.12. The van der Waals surface area contributed by atoms with E-state index in [1.165, 1.54) is 5.56 Å². The van der Waals surface area contributed by atoms with E-state index in [4.69, 9.17) is 10.1 Å². The van der Waals surface area contributed by atoms with Crippen molar-refractivity contribution in [3.05, 3.63) is 65.2 Å². The lowest BCUT2D eigenvalue weighted by Crippen LogP contribution is -2.63. The minimum absolute atomic E-state index is 0.0340. The molecule has 8 nitrogen and oxygen atoms in total. The van der Waals surface area contributed by atoms with Crippen molar-refractivity contribution < 1.29 is 9.90 Å². The lowest BCUT2D eigenvalue weighted by atomic mass is 9.62. The average molecular weight is 559 g/mol. The Morgan fingerprint density at radius 1 is 1.05 bits per heavy atom. The molecule has 1 aromatic carbocycles. The summed E-state index contributed by atoms with van der Waals surface area (Å²) in [6.45, 7) is 13.9. The lowest BCUT2D eigenvalue weighted by molar-refractivity contribution is -0.127. The number of hydrogen-bond acceptors (Lipinski definition) is 6. The van der Waals surface area contributed by atoms with Gasteiger partial charge in [0.25, 0.3) is 0 Å². The zero-order chi connectivity index (χ0) is 29.5. The van der Waals surface area contributed by atoms with E-state index in [0.717, 1.165) is 61.3 Å². The Morgan fingerprint density at radius 3 is 2.27 bits per heavy atom. The molecule has 1 aliphatic heterocycles. The van der Waals surface area contributed by atoms with Gasteiger partial charge in [0, 0.05) is 67.0 Å². The minimum Gasteiger partial charge on any atom is -0.380 e. The van der Waals surface area contributed by atoms with Crippen molar-refractivity contribution in [2.24, 2.45) is 5.41 Å². The highest BCUT2D eigenvalue weighted by atomic mass is 16.3. The maximum Gasteiger partial charge on any atom is 0.217 e. The molecule has 8 heteroatoms. The zero-order valence-corrected chi connectivity index (χ0v) is 25.7. The molecule has 1 amide bonds. The number of carbonyl (C=O) groups is 1. The van der Waals surface area contributed by atoms with Crippen molar-refractivity contribution in [1.82, 2.24) is 30.0 Å². The molecule has 2 aliphatic rings. The van der Waals surface area contributed by atoms with Gasteiger partial charge in [-0.05, 0) is 69.7 Å². The van der Waals surface area contributed by atoms with E-state index in [9.17, 15) is 9.90 Å². The van der Waals surface area contributed by atoms with Crippen LogP contribution in [-0.2, 0) is 10.4 Å². The quantitative estimate of drug-likeness (QED) is 0.385. The fourth-order valence-electron chi connectivity index (χ4n) is 7.01. The van der Waals surface area contributed by atoms with Crippen molar-refractivity contribution in [2.75, 3.05) is 20.1 Å². The van der Waals surface area contributed by atoms with Crippen molar-refractivity contribution in [3.8, 4) is 11.4 Å². The van der Waals surface area contributed by atoms with E-state index in [1.54, 1.807) is 19.3 Å². The third-order valence-corrected chi connectivity index (χ3v) is 9.17. The average Bonchev–Trinajstić information content (AvgIpc) is 3.38. The first-order valence-electron chi connectivity index (χ1n) is 15.1. The molecule has 1 atom stereocenters. The number of likely N-dealkylation sites (tertiary alicyclic amines) is 1. The van der Waals surface area contributed by atoms with E-state index in [1.807, 2.05) is 10.7 Å². The van der Waals surface area contributed by atoms with E-state index < -0.39 is 5.60 Å². The van der Waals surface area contributed by atoms with Gasteiger partial charge >= 0.3 is 0 Å². The number of rotatable bonds is 8. The van der Waals surface area contributed by atoms with E-state index in [0.29, 0.717) is 17.7 Å². The lowest BCUT2D eigenvalue weighted by Gasteiger charge is -2.55. The third-order valence-electron chi connectivity index (χ3n) is 9.17. The van der Waals surface area contributed by atoms with Crippen molar-refractivity contribution in [1.29, 1.82) is 0 Å². The summed E-state index contributed by atoms with van der Waals surface area (Å²) in [6, 6.07) is 10.8. The smallest absolute Gasteiger partial charge is 0.217 e. The van der Waals surface area contributed by atoms with Crippen LogP contribution in [0.4, 0.5) is 0 Å². The molecule has 2 aromatic heterocycles. The Kier molecular flexibility index (Phi) is 8.09. The van der Waals surface area contributed by atoms with E-state index in [2.05, 4.69) is 81.1 Å². The van der Waals surface area contributed by atoms with Crippen molar-refractivity contribution >= 4 is 5.91 Å². The summed E-state index contributed by atoms with van der Waals surface area (Å²) in [5.74, 6) is 2.38. The molecular weight excluding hydrogens is 512 g/mol. The van der Waals surface area contributed by atoms with Crippen molar-refractivity contribution in [2.45, 2.75) is 96.7 Å². The van der Waals surface area contributed by atoms with Gasteiger partial charge in [-0.2, -0.15) is 5.10 Å². The molecule has 2 fully saturated rings. The third kappa shape index (κ3) is 5.56. The van der Waals surface area contributed by atoms with Gasteiger partial charge in [0.1, 0.15) is 11.4 Å². The van der Waals surface area contributed by atoms with Crippen molar-refractivity contribution in [3.63, 3.8) is 0 Å². The number of carbonyl (C=O) groups excluding carboxylic acids is 1. The van der Waals surface area contributed by atoms with Crippen LogP contribution in [0.5, 0.6) is 0 Å². The molecule has 0 bridgehead atoms. The first kappa shape index (κ1) is 29.4. The second-order valence-corrected chi connectivity index (χ2v) is 13.3. The van der Waals surface area contributed by atoms with Gasteiger partial charge in [0.15, 0.2) is 5.82 Å². The summed E-state index contributed by atoms with van der Waals surface area (Å²) in [4.78, 5) is 23.5. The van der Waals surface area contributed by atoms with E-state index in [-0.39, 0.29) is 23.4 Å². The Balaban J connectivity index is 1.50. The highest BCUT2D eigenvalue weighted by Gasteiger charge is 2.55. The first-order chi connectivity index (χ1) is 19.4. The minimum atomic E-state index is -1.22. The highest BCUT2D eigenvalue weighted by Crippen LogP contribution is 2.50. The fourth-order valence-corrected chi connectivity index (χ4v) is 7.01. The number of aromatic nitrogens is 4. The van der Waals surface area contributed by atoms with Crippen LogP contribution in [-0.4, -0.2) is 61.8 Å². The Bertz CT molecular complexity index is 1370. The number of amides is 1. The van der Waals surface area contributed by atoms with Crippen LogP contribution in [0.1, 0.15) is 108 Å². The maximum absolute atomic E-state index is 12.6. The molecule has 5 rings (SSSR count). The second-order valence-electron chi connectivity index (χ2n) is 13.3. The maximum atomic E-state index is 12.6. The van der Waals surface area contributed by atoms with Gasteiger partial charge < -0.3 is 15.3 Å². The summed E-state index contributed by atoms with van der Waals surface area (Å²) in [5, 5.41) is 20.7. The Labute approximate surface area is 244 Å². The molecule has 1 saturated heterocycles. The molecule has 220 valence electrons. The van der Waals surface area contributed by atoms with Gasteiger partial charge in [-0.3, -0.25) is 9.78 Å².